The zero-order chi connectivity index (χ0) is 20.2. The summed E-state index contributed by atoms with van der Waals surface area (Å²) in [5.41, 5.74) is 5.76. The van der Waals surface area contributed by atoms with Gasteiger partial charge in [-0.3, -0.25) is 0 Å². The lowest BCUT2D eigenvalue weighted by Crippen LogP contribution is -2.58. The first kappa shape index (κ1) is 18.5. The van der Waals surface area contributed by atoms with Gasteiger partial charge in [-0.15, -0.1) is 0 Å². The molecule has 1 atom stereocenters. The normalized spacial score (nSPS) is 22.7. The number of fused-ring (bicyclic) bond motifs is 4. The Morgan fingerprint density at radius 3 is 2.62 bits per heavy atom. The monoisotopic (exact) mass is 391 g/mol. The summed E-state index contributed by atoms with van der Waals surface area (Å²) in [5, 5.41) is 7.44. The Balaban J connectivity index is 1.60. The van der Waals surface area contributed by atoms with Crippen LogP contribution in [0.2, 0.25) is 0 Å². The molecule has 0 saturated carbocycles. The number of ether oxygens (including phenoxy) is 2. The zero-order valence-corrected chi connectivity index (χ0v) is 17.7. The van der Waals surface area contributed by atoms with Crippen LogP contribution >= 0.6 is 0 Å². The van der Waals surface area contributed by atoms with Crippen molar-refractivity contribution >= 4 is 5.71 Å². The summed E-state index contributed by atoms with van der Waals surface area (Å²) in [4.78, 5) is 2.37. The van der Waals surface area contributed by atoms with E-state index in [-0.39, 0.29) is 6.04 Å². The highest BCUT2D eigenvalue weighted by Gasteiger charge is 2.52. The molecular weight excluding hydrogens is 362 g/mol. The van der Waals surface area contributed by atoms with E-state index >= 15 is 0 Å². The molecule has 0 amide bonds. The van der Waals surface area contributed by atoms with Crippen molar-refractivity contribution in [2.45, 2.75) is 44.9 Å². The number of aryl methyl sites for hydroxylation is 2. The maximum Gasteiger partial charge on any atom is 0.200 e. The molecule has 0 aliphatic carbocycles. The summed E-state index contributed by atoms with van der Waals surface area (Å²) in [7, 11) is 3.90. The summed E-state index contributed by atoms with van der Waals surface area (Å²) in [6.07, 6.45) is 2.76. The number of nitrogens with zero attached hydrogens (tertiary/aromatic N) is 3. The number of piperidine rings is 1. The van der Waals surface area contributed by atoms with Crippen molar-refractivity contribution in [1.82, 2.24) is 9.91 Å². The van der Waals surface area contributed by atoms with E-state index in [4.69, 9.17) is 14.6 Å². The second-order valence-corrected chi connectivity index (χ2v) is 8.64. The van der Waals surface area contributed by atoms with Gasteiger partial charge >= 0.3 is 0 Å². The van der Waals surface area contributed by atoms with E-state index in [1.165, 1.54) is 22.3 Å². The van der Waals surface area contributed by atoms with Gasteiger partial charge in [0.05, 0.1) is 18.9 Å². The number of methoxy groups -OCH3 is 1. The number of hydrazone groups is 1. The van der Waals surface area contributed by atoms with Gasteiger partial charge in [0, 0.05) is 37.9 Å². The molecule has 3 aliphatic heterocycles. The lowest BCUT2D eigenvalue weighted by molar-refractivity contribution is -0.148. The third-order valence-corrected chi connectivity index (χ3v) is 6.82. The molecule has 0 aromatic heterocycles. The molecule has 2 aromatic carbocycles. The molecule has 0 bridgehead atoms. The predicted molar refractivity (Wildman–Crippen MR) is 115 cm³/mol. The number of hydrogen-bond donors (Lipinski definition) is 0. The van der Waals surface area contributed by atoms with Gasteiger partial charge in [-0.2, -0.15) is 5.10 Å². The average Bonchev–Trinajstić information content (AvgIpc) is 3.19. The van der Waals surface area contributed by atoms with Crippen molar-refractivity contribution in [3.05, 3.63) is 58.7 Å². The van der Waals surface area contributed by atoms with Crippen LogP contribution in [0.3, 0.4) is 0 Å². The van der Waals surface area contributed by atoms with Crippen LogP contribution in [-0.2, 0) is 0 Å². The molecule has 29 heavy (non-hydrogen) atoms. The van der Waals surface area contributed by atoms with E-state index in [0.29, 0.717) is 0 Å². The number of benzene rings is 2. The van der Waals surface area contributed by atoms with Gasteiger partial charge in [0.25, 0.3) is 0 Å². The minimum Gasteiger partial charge on any atom is -0.493 e. The fourth-order valence-corrected chi connectivity index (χ4v) is 4.82. The summed E-state index contributed by atoms with van der Waals surface area (Å²) in [6, 6.07) is 13.1. The van der Waals surface area contributed by atoms with Gasteiger partial charge in [-0.1, -0.05) is 24.3 Å². The van der Waals surface area contributed by atoms with Crippen LogP contribution in [0.4, 0.5) is 0 Å². The fraction of sp³-hybridized carbons (Fsp3) is 0.458. The SMILES string of the molecule is COc1cccc2c1OC1(CCN(C)CC1)N1N=C(c3ccc(C)c(C)c3)CC21. The van der Waals surface area contributed by atoms with Crippen molar-refractivity contribution in [3.8, 4) is 11.5 Å². The third-order valence-electron chi connectivity index (χ3n) is 6.82. The fourth-order valence-electron chi connectivity index (χ4n) is 4.82. The summed E-state index contributed by atoms with van der Waals surface area (Å²) in [6.45, 7) is 6.33. The molecule has 5 rings (SSSR count). The molecule has 1 spiro atoms. The van der Waals surface area contributed by atoms with Gasteiger partial charge in [0.2, 0.25) is 5.72 Å². The maximum atomic E-state index is 6.74. The summed E-state index contributed by atoms with van der Waals surface area (Å²) >= 11 is 0. The highest BCUT2D eigenvalue weighted by Crippen LogP contribution is 2.52. The Bertz CT molecular complexity index is 976. The van der Waals surface area contributed by atoms with Crippen LogP contribution in [0.5, 0.6) is 11.5 Å². The molecule has 0 radical (unpaired) electrons. The minimum absolute atomic E-state index is 0.189. The predicted octanol–water partition coefficient (Wildman–Crippen LogP) is 4.28. The summed E-state index contributed by atoms with van der Waals surface area (Å²) in [5.74, 6) is 1.72. The highest BCUT2D eigenvalue weighted by molar-refractivity contribution is 6.02. The van der Waals surface area contributed by atoms with Crippen LogP contribution in [0.25, 0.3) is 0 Å². The van der Waals surface area contributed by atoms with Crippen LogP contribution in [0.1, 0.15) is 47.6 Å². The van der Waals surface area contributed by atoms with Crippen molar-refractivity contribution < 1.29 is 9.47 Å². The van der Waals surface area contributed by atoms with Gasteiger partial charge in [0.1, 0.15) is 0 Å². The Morgan fingerprint density at radius 2 is 1.90 bits per heavy atom. The molecule has 1 saturated heterocycles. The molecule has 2 aromatic rings. The Kier molecular flexibility index (Phi) is 4.32. The molecule has 5 nitrogen and oxygen atoms in total. The zero-order valence-electron chi connectivity index (χ0n) is 17.7. The van der Waals surface area contributed by atoms with E-state index in [0.717, 1.165) is 49.6 Å². The number of rotatable bonds is 2. The first-order valence-electron chi connectivity index (χ1n) is 10.5. The smallest absolute Gasteiger partial charge is 0.200 e. The first-order valence-corrected chi connectivity index (χ1v) is 10.5. The van der Waals surface area contributed by atoms with Crippen molar-refractivity contribution in [2.24, 2.45) is 5.10 Å². The number of likely N-dealkylation sites (tertiary alicyclic amines) is 1. The Labute approximate surface area is 172 Å². The molecule has 3 aliphatic rings. The van der Waals surface area contributed by atoms with E-state index in [1.807, 2.05) is 6.07 Å². The van der Waals surface area contributed by atoms with Crippen LogP contribution in [0.15, 0.2) is 41.5 Å². The lowest BCUT2D eigenvalue weighted by Gasteiger charge is -2.50. The lowest BCUT2D eigenvalue weighted by atomic mass is 9.90. The van der Waals surface area contributed by atoms with Crippen molar-refractivity contribution in [2.75, 3.05) is 27.2 Å². The van der Waals surface area contributed by atoms with Gasteiger partial charge in [-0.25, -0.2) is 5.01 Å². The Morgan fingerprint density at radius 1 is 1.10 bits per heavy atom. The van der Waals surface area contributed by atoms with E-state index < -0.39 is 5.72 Å². The number of hydrogen-bond acceptors (Lipinski definition) is 5. The second-order valence-electron chi connectivity index (χ2n) is 8.64. The van der Waals surface area contributed by atoms with E-state index in [9.17, 15) is 0 Å². The van der Waals surface area contributed by atoms with Crippen molar-refractivity contribution in [3.63, 3.8) is 0 Å². The van der Waals surface area contributed by atoms with Gasteiger partial charge in [-0.05, 0) is 49.7 Å². The first-order chi connectivity index (χ1) is 14.0. The van der Waals surface area contributed by atoms with Crippen LogP contribution in [0, 0.1) is 13.8 Å². The quantitative estimate of drug-likeness (QED) is 0.766. The second kappa shape index (κ2) is 6.77. The van der Waals surface area contributed by atoms with Crippen LogP contribution in [-0.4, -0.2) is 48.6 Å². The van der Waals surface area contributed by atoms with Crippen LogP contribution < -0.4 is 9.47 Å². The largest absolute Gasteiger partial charge is 0.493 e. The number of para-hydroxylation sites is 1. The third kappa shape index (κ3) is 2.91. The Hall–Kier alpha value is -2.53. The van der Waals surface area contributed by atoms with Crippen molar-refractivity contribution in [1.29, 1.82) is 0 Å². The maximum absolute atomic E-state index is 6.74. The molecule has 1 fully saturated rings. The molecule has 1 unspecified atom stereocenters. The van der Waals surface area contributed by atoms with Gasteiger partial charge in [0.15, 0.2) is 11.5 Å². The van der Waals surface area contributed by atoms with E-state index in [1.54, 1.807) is 7.11 Å². The summed E-state index contributed by atoms with van der Waals surface area (Å²) < 4.78 is 12.4. The molecule has 152 valence electrons. The topological polar surface area (TPSA) is 37.3 Å². The standard InChI is InChI=1S/C24H29N3O2/c1-16-8-9-18(14-17(16)2)20-15-21-19-6-5-7-22(28-4)23(19)29-24(27(21)25-20)10-12-26(3)13-11-24/h5-9,14,21H,10-13,15H2,1-4H3. The molecule has 5 heteroatoms. The van der Waals surface area contributed by atoms with Gasteiger partial charge < -0.3 is 14.4 Å². The minimum atomic E-state index is -0.402. The molecule has 3 heterocycles. The molecular formula is C24H29N3O2. The van der Waals surface area contributed by atoms with E-state index in [2.05, 4.69) is 61.1 Å². The highest BCUT2D eigenvalue weighted by atomic mass is 16.5. The molecule has 0 N–H and O–H groups in total. The average molecular weight is 392 g/mol.